The SMILES string of the molecule is CN1C(=N)c2c(C#N)ncn2C1=O. The van der Waals surface area contributed by atoms with Crippen LogP contribution in [-0.4, -0.2) is 33.4 Å². The number of rotatable bonds is 0. The lowest BCUT2D eigenvalue weighted by Gasteiger charge is -2.05. The van der Waals surface area contributed by atoms with Crippen molar-refractivity contribution in [1.29, 1.82) is 10.7 Å². The molecule has 13 heavy (non-hydrogen) atoms. The summed E-state index contributed by atoms with van der Waals surface area (Å²) in [7, 11) is 1.48. The Morgan fingerprint density at radius 3 is 3.00 bits per heavy atom. The fourth-order valence-electron chi connectivity index (χ4n) is 1.22. The number of nitrogens with zero attached hydrogens (tertiary/aromatic N) is 4. The molecule has 1 aromatic rings. The number of amides is 1. The lowest BCUT2D eigenvalue weighted by Crippen LogP contribution is -2.26. The van der Waals surface area contributed by atoms with Gasteiger partial charge in [0.15, 0.2) is 11.5 Å². The first kappa shape index (κ1) is 7.49. The van der Waals surface area contributed by atoms with Crippen LogP contribution in [0.2, 0.25) is 0 Å². The molecule has 64 valence electrons. The summed E-state index contributed by atoms with van der Waals surface area (Å²) in [5.41, 5.74) is 0.387. The van der Waals surface area contributed by atoms with Crippen molar-refractivity contribution in [3.8, 4) is 6.07 Å². The molecule has 1 aliphatic rings. The number of hydrogen-bond donors (Lipinski definition) is 1. The summed E-state index contributed by atoms with van der Waals surface area (Å²) in [4.78, 5) is 16.2. The van der Waals surface area contributed by atoms with Gasteiger partial charge in [-0.1, -0.05) is 0 Å². The van der Waals surface area contributed by atoms with Crippen molar-refractivity contribution in [1.82, 2.24) is 14.5 Å². The zero-order valence-electron chi connectivity index (χ0n) is 6.77. The van der Waals surface area contributed by atoms with Crippen molar-refractivity contribution in [2.24, 2.45) is 0 Å². The van der Waals surface area contributed by atoms with Gasteiger partial charge in [-0.25, -0.2) is 14.3 Å². The summed E-state index contributed by atoms with van der Waals surface area (Å²) < 4.78 is 1.20. The third-order valence-corrected chi connectivity index (χ3v) is 1.93. The van der Waals surface area contributed by atoms with E-state index in [1.165, 1.54) is 17.9 Å². The van der Waals surface area contributed by atoms with E-state index in [4.69, 9.17) is 10.7 Å². The number of hydrogen-bond acceptors (Lipinski definition) is 4. The van der Waals surface area contributed by atoms with E-state index in [9.17, 15) is 4.79 Å². The Balaban J connectivity index is 2.71. The van der Waals surface area contributed by atoms with Gasteiger partial charge < -0.3 is 0 Å². The standard InChI is InChI=1S/C7H5N5O/c1-11-6(9)5-4(2-8)10-3-12(5)7(11)13/h3,9H,1H3. The average Bonchev–Trinajstić information content (AvgIpc) is 2.64. The molecule has 2 heterocycles. The van der Waals surface area contributed by atoms with E-state index in [1.807, 2.05) is 6.07 Å². The van der Waals surface area contributed by atoms with Crippen LogP contribution in [0.5, 0.6) is 0 Å². The Hall–Kier alpha value is -2.16. The lowest BCUT2D eigenvalue weighted by molar-refractivity contribution is 0.231. The number of nitriles is 1. The largest absolute Gasteiger partial charge is 0.335 e. The fourth-order valence-corrected chi connectivity index (χ4v) is 1.22. The summed E-state index contributed by atoms with van der Waals surface area (Å²) in [6.07, 6.45) is 1.26. The maximum absolute atomic E-state index is 11.3. The third-order valence-electron chi connectivity index (χ3n) is 1.93. The maximum Gasteiger partial charge on any atom is 0.335 e. The molecule has 0 radical (unpaired) electrons. The molecule has 0 atom stereocenters. The highest BCUT2D eigenvalue weighted by atomic mass is 16.2. The minimum absolute atomic E-state index is 0.0130. The molecule has 0 unspecified atom stereocenters. The molecule has 0 aromatic carbocycles. The Bertz CT molecular complexity index is 452. The van der Waals surface area contributed by atoms with Crippen LogP contribution >= 0.6 is 0 Å². The molecule has 1 N–H and O–H groups in total. The Kier molecular flexibility index (Phi) is 1.25. The predicted octanol–water partition coefficient (Wildman–Crippen LogP) is -0.00635. The van der Waals surface area contributed by atoms with Gasteiger partial charge in [0, 0.05) is 7.05 Å². The molecule has 1 aliphatic heterocycles. The van der Waals surface area contributed by atoms with Crippen molar-refractivity contribution in [3.05, 3.63) is 17.7 Å². The summed E-state index contributed by atoms with van der Waals surface area (Å²) in [5.74, 6) is 0.0130. The van der Waals surface area contributed by atoms with E-state index < -0.39 is 0 Å². The van der Waals surface area contributed by atoms with E-state index in [0.717, 1.165) is 4.90 Å². The Morgan fingerprint density at radius 1 is 1.69 bits per heavy atom. The van der Waals surface area contributed by atoms with Gasteiger partial charge in [0.1, 0.15) is 18.1 Å². The molecule has 1 amide bonds. The highest BCUT2D eigenvalue weighted by molar-refractivity contribution is 6.13. The van der Waals surface area contributed by atoms with E-state index >= 15 is 0 Å². The Morgan fingerprint density at radius 2 is 2.38 bits per heavy atom. The van der Waals surface area contributed by atoms with Crippen LogP contribution in [0, 0.1) is 16.7 Å². The molecule has 6 nitrogen and oxygen atoms in total. The topological polar surface area (TPSA) is 85.8 Å². The lowest BCUT2D eigenvalue weighted by atomic mass is 10.3. The van der Waals surface area contributed by atoms with Gasteiger partial charge in [-0.05, 0) is 0 Å². The summed E-state index contributed by atoms with van der Waals surface area (Å²) in [6, 6.07) is 1.47. The fraction of sp³-hybridized carbons (Fsp3) is 0.143. The number of fused-ring (bicyclic) bond motifs is 1. The zero-order chi connectivity index (χ0) is 9.59. The van der Waals surface area contributed by atoms with Crippen molar-refractivity contribution in [2.45, 2.75) is 0 Å². The molecule has 0 bridgehead atoms. The summed E-state index contributed by atoms with van der Waals surface area (Å²) >= 11 is 0. The minimum Gasteiger partial charge on any atom is -0.282 e. The van der Waals surface area contributed by atoms with E-state index in [0.29, 0.717) is 0 Å². The van der Waals surface area contributed by atoms with Gasteiger partial charge >= 0.3 is 6.03 Å². The van der Waals surface area contributed by atoms with Crippen LogP contribution in [0.1, 0.15) is 11.4 Å². The number of nitrogens with one attached hydrogen (secondary N) is 1. The maximum atomic E-state index is 11.3. The number of amidine groups is 1. The molecule has 0 spiro atoms. The Labute approximate surface area is 73.5 Å². The van der Waals surface area contributed by atoms with Gasteiger partial charge in [0.2, 0.25) is 0 Å². The number of aromatic nitrogens is 2. The molecule has 2 rings (SSSR count). The van der Waals surface area contributed by atoms with Crippen molar-refractivity contribution >= 4 is 11.9 Å². The smallest absolute Gasteiger partial charge is 0.282 e. The number of imidazole rings is 1. The first-order valence-electron chi connectivity index (χ1n) is 3.51. The van der Waals surface area contributed by atoms with Gasteiger partial charge in [-0.15, -0.1) is 0 Å². The van der Waals surface area contributed by atoms with E-state index in [-0.39, 0.29) is 23.3 Å². The quantitative estimate of drug-likeness (QED) is 0.601. The van der Waals surface area contributed by atoms with Crippen molar-refractivity contribution in [3.63, 3.8) is 0 Å². The first-order chi connectivity index (χ1) is 6.16. The summed E-state index contributed by atoms with van der Waals surface area (Å²) in [5, 5.41) is 16.1. The second kappa shape index (κ2) is 2.17. The first-order valence-corrected chi connectivity index (χ1v) is 3.51. The average molecular weight is 175 g/mol. The van der Waals surface area contributed by atoms with Gasteiger partial charge in [0.25, 0.3) is 0 Å². The zero-order valence-corrected chi connectivity index (χ0v) is 6.77. The molecule has 0 saturated heterocycles. The highest BCUT2D eigenvalue weighted by Gasteiger charge is 2.32. The van der Waals surface area contributed by atoms with Gasteiger partial charge in [-0.3, -0.25) is 10.3 Å². The molecule has 0 saturated carbocycles. The molecule has 6 heteroatoms. The second-order valence-corrected chi connectivity index (χ2v) is 2.61. The van der Waals surface area contributed by atoms with Crippen LogP contribution < -0.4 is 0 Å². The molecular formula is C7H5N5O. The van der Waals surface area contributed by atoms with Crippen LogP contribution in [0.15, 0.2) is 6.33 Å². The second-order valence-electron chi connectivity index (χ2n) is 2.61. The van der Waals surface area contributed by atoms with Crippen molar-refractivity contribution < 1.29 is 4.79 Å². The minimum atomic E-state index is -0.353. The van der Waals surface area contributed by atoms with Crippen molar-refractivity contribution in [2.75, 3.05) is 7.05 Å². The number of carbonyl (C=O) groups excluding carboxylic acids is 1. The van der Waals surface area contributed by atoms with Crippen LogP contribution in [0.25, 0.3) is 0 Å². The van der Waals surface area contributed by atoms with Crippen LogP contribution in [0.4, 0.5) is 4.79 Å². The monoisotopic (exact) mass is 175 g/mol. The number of carbonyl (C=O) groups is 1. The highest BCUT2D eigenvalue weighted by Crippen LogP contribution is 2.17. The predicted molar refractivity (Wildman–Crippen MR) is 42.3 cm³/mol. The molecule has 1 aromatic heterocycles. The van der Waals surface area contributed by atoms with Gasteiger partial charge in [-0.2, -0.15) is 5.26 Å². The van der Waals surface area contributed by atoms with E-state index in [1.54, 1.807) is 0 Å². The summed E-state index contributed by atoms with van der Waals surface area (Å²) in [6.45, 7) is 0. The molecule has 0 fully saturated rings. The van der Waals surface area contributed by atoms with Crippen LogP contribution in [-0.2, 0) is 0 Å². The normalized spacial score (nSPS) is 14.6. The molecule has 0 aliphatic carbocycles. The van der Waals surface area contributed by atoms with Gasteiger partial charge in [0.05, 0.1) is 0 Å². The third kappa shape index (κ3) is 0.727. The van der Waals surface area contributed by atoms with E-state index in [2.05, 4.69) is 4.98 Å². The van der Waals surface area contributed by atoms with Crippen LogP contribution in [0.3, 0.4) is 0 Å². The molecular weight excluding hydrogens is 170 g/mol.